The first-order valence-corrected chi connectivity index (χ1v) is 8.76. The van der Waals surface area contributed by atoms with E-state index < -0.39 is 10.0 Å². The predicted molar refractivity (Wildman–Crippen MR) is 81.5 cm³/mol. The Morgan fingerprint density at radius 1 is 1.38 bits per heavy atom. The Labute approximate surface area is 127 Å². The van der Waals surface area contributed by atoms with Gasteiger partial charge >= 0.3 is 0 Å². The number of ether oxygens (including phenoxy) is 1. The van der Waals surface area contributed by atoms with Crippen molar-refractivity contribution in [2.24, 2.45) is 5.92 Å². The standard InChI is InChI=1S/C14H26N2O4S/c1-4-16-10-14(9-13(16)11-17)21(18,19)15-6-8-20-7-5-12(2)3/h9-10,12,15,17H,4-8,11H2,1-3H3. The zero-order chi connectivity index (χ0) is 15.9. The van der Waals surface area contributed by atoms with Gasteiger partial charge in [0.1, 0.15) is 0 Å². The first-order chi connectivity index (χ1) is 9.90. The van der Waals surface area contributed by atoms with Crippen LogP contribution in [0.5, 0.6) is 0 Å². The number of rotatable bonds is 10. The summed E-state index contributed by atoms with van der Waals surface area (Å²) in [6, 6.07) is 1.49. The smallest absolute Gasteiger partial charge is 0.242 e. The summed E-state index contributed by atoms with van der Waals surface area (Å²) in [6.07, 6.45) is 2.50. The SMILES string of the molecule is CCn1cc(S(=O)(=O)NCCOCCC(C)C)cc1CO. The summed E-state index contributed by atoms with van der Waals surface area (Å²) in [6.45, 7) is 7.79. The van der Waals surface area contributed by atoms with Crippen molar-refractivity contribution in [3.63, 3.8) is 0 Å². The van der Waals surface area contributed by atoms with Gasteiger partial charge in [0.05, 0.1) is 18.1 Å². The fourth-order valence-electron chi connectivity index (χ4n) is 1.85. The summed E-state index contributed by atoms with van der Waals surface area (Å²) in [5.41, 5.74) is 0.589. The number of sulfonamides is 1. The van der Waals surface area contributed by atoms with E-state index in [0.29, 0.717) is 31.4 Å². The second-order valence-electron chi connectivity index (χ2n) is 5.30. The molecule has 6 nitrogen and oxygen atoms in total. The Hall–Kier alpha value is -0.890. The zero-order valence-electron chi connectivity index (χ0n) is 13.0. The summed E-state index contributed by atoms with van der Waals surface area (Å²) >= 11 is 0. The van der Waals surface area contributed by atoms with Gasteiger partial charge in [0.25, 0.3) is 0 Å². The summed E-state index contributed by atoms with van der Waals surface area (Å²) in [7, 11) is -3.55. The minimum absolute atomic E-state index is 0.176. The van der Waals surface area contributed by atoms with Gasteiger partial charge in [0.2, 0.25) is 10.0 Å². The topological polar surface area (TPSA) is 80.6 Å². The van der Waals surface area contributed by atoms with Crippen molar-refractivity contribution in [1.82, 2.24) is 9.29 Å². The normalized spacial score (nSPS) is 12.2. The lowest BCUT2D eigenvalue weighted by Crippen LogP contribution is -2.27. The van der Waals surface area contributed by atoms with Crippen LogP contribution in [0.4, 0.5) is 0 Å². The molecule has 0 atom stereocenters. The molecular formula is C14H26N2O4S. The van der Waals surface area contributed by atoms with E-state index in [9.17, 15) is 13.5 Å². The van der Waals surface area contributed by atoms with E-state index >= 15 is 0 Å². The van der Waals surface area contributed by atoms with Gasteiger partial charge in [-0.3, -0.25) is 0 Å². The van der Waals surface area contributed by atoms with Crippen molar-refractivity contribution in [1.29, 1.82) is 0 Å². The fourth-order valence-corrected chi connectivity index (χ4v) is 2.93. The van der Waals surface area contributed by atoms with Gasteiger partial charge in [-0.05, 0) is 25.3 Å². The number of aliphatic hydroxyl groups is 1. The van der Waals surface area contributed by atoms with Gasteiger partial charge in [0, 0.05) is 31.6 Å². The summed E-state index contributed by atoms with van der Waals surface area (Å²) < 4.78 is 33.8. The summed E-state index contributed by atoms with van der Waals surface area (Å²) in [5.74, 6) is 0.576. The Morgan fingerprint density at radius 3 is 2.62 bits per heavy atom. The molecule has 0 saturated carbocycles. The Balaban J connectivity index is 2.48. The van der Waals surface area contributed by atoms with Gasteiger partial charge in [0.15, 0.2) is 0 Å². The van der Waals surface area contributed by atoms with Crippen molar-refractivity contribution >= 4 is 10.0 Å². The Morgan fingerprint density at radius 2 is 2.10 bits per heavy atom. The highest BCUT2D eigenvalue weighted by molar-refractivity contribution is 7.89. The molecule has 1 heterocycles. The molecule has 0 radical (unpaired) electrons. The van der Waals surface area contributed by atoms with Crippen molar-refractivity contribution in [2.75, 3.05) is 19.8 Å². The highest BCUT2D eigenvalue weighted by Crippen LogP contribution is 2.14. The van der Waals surface area contributed by atoms with Crippen LogP contribution in [0.15, 0.2) is 17.2 Å². The minimum atomic E-state index is -3.55. The molecule has 2 N–H and O–H groups in total. The second kappa shape index (κ2) is 8.53. The maximum atomic E-state index is 12.1. The molecule has 0 amide bonds. The lowest BCUT2D eigenvalue weighted by atomic mass is 10.1. The molecule has 1 rings (SSSR count). The van der Waals surface area contributed by atoms with Crippen molar-refractivity contribution < 1.29 is 18.3 Å². The third kappa shape index (κ3) is 5.78. The third-order valence-corrected chi connectivity index (χ3v) is 4.58. The van der Waals surface area contributed by atoms with Gasteiger partial charge < -0.3 is 14.4 Å². The van der Waals surface area contributed by atoms with E-state index in [4.69, 9.17) is 4.74 Å². The summed E-state index contributed by atoms with van der Waals surface area (Å²) in [5, 5.41) is 9.19. The van der Waals surface area contributed by atoms with Crippen molar-refractivity contribution in [3.8, 4) is 0 Å². The van der Waals surface area contributed by atoms with Crippen LogP contribution in [-0.4, -0.2) is 37.8 Å². The van der Waals surface area contributed by atoms with E-state index in [0.717, 1.165) is 6.42 Å². The van der Waals surface area contributed by atoms with Crippen molar-refractivity contribution in [3.05, 3.63) is 18.0 Å². The van der Waals surface area contributed by atoms with E-state index in [1.54, 1.807) is 4.57 Å². The van der Waals surface area contributed by atoms with E-state index in [-0.39, 0.29) is 18.0 Å². The number of hydrogen-bond donors (Lipinski definition) is 2. The first-order valence-electron chi connectivity index (χ1n) is 7.28. The van der Waals surface area contributed by atoms with E-state index in [1.165, 1.54) is 12.3 Å². The Bertz CT molecular complexity index is 502. The van der Waals surface area contributed by atoms with Gasteiger partial charge in [-0.25, -0.2) is 13.1 Å². The lowest BCUT2D eigenvalue weighted by molar-refractivity contribution is 0.128. The minimum Gasteiger partial charge on any atom is -0.390 e. The largest absolute Gasteiger partial charge is 0.390 e. The van der Waals surface area contributed by atoms with Crippen LogP contribution < -0.4 is 4.72 Å². The number of aryl methyl sites for hydroxylation is 1. The van der Waals surface area contributed by atoms with E-state index in [2.05, 4.69) is 18.6 Å². The number of nitrogens with one attached hydrogen (secondary N) is 1. The molecule has 0 aliphatic heterocycles. The molecule has 0 aliphatic rings. The van der Waals surface area contributed by atoms with Gasteiger partial charge in [-0.15, -0.1) is 0 Å². The highest BCUT2D eigenvalue weighted by atomic mass is 32.2. The molecule has 0 aromatic carbocycles. The molecule has 1 aromatic rings. The maximum Gasteiger partial charge on any atom is 0.242 e. The monoisotopic (exact) mass is 318 g/mol. The Kier molecular flexibility index (Phi) is 7.37. The lowest BCUT2D eigenvalue weighted by Gasteiger charge is -2.07. The molecule has 0 aliphatic carbocycles. The van der Waals surface area contributed by atoms with Gasteiger partial charge in [-0.1, -0.05) is 13.8 Å². The molecule has 0 fully saturated rings. The molecule has 0 saturated heterocycles. The quantitative estimate of drug-likeness (QED) is 0.638. The zero-order valence-corrected chi connectivity index (χ0v) is 13.8. The fraction of sp³-hybridized carbons (Fsp3) is 0.714. The van der Waals surface area contributed by atoms with Gasteiger partial charge in [-0.2, -0.15) is 0 Å². The van der Waals surface area contributed by atoms with Crippen LogP contribution in [0.2, 0.25) is 0 Å². The average Bonchev–Trinajstić information content (AvgIpc) is 2.86. The van der Waals surface area contributed by atoms with Crippen LogP contribution in [0.3, 0.4) is 0 Å². The van der Waals surface area contributed by atoms with Crippen molar-refractivity contribution in [2.45, 2.75) is 45.2 Å². The maximum absolute atomic E-state index is 12.1. The number of aromatic nitrogens is 1. The summed E-state index contributed by atoms with van der Waals surface area (Å²) in [4.78, 5) is 0.176. The molecule has 1 aromatic heterocycles. The molecule has 21 heavy (non-hydrogen) atoms. The molecule has 0 unspecified atom stereocenters. The van der Waals surface area contributed by atoms with Crippen LogP contribution in [0.1, 0.15) is 32.9 Å². The van der Waals surface area contributed by atoms with Crippen LogP contribution in [0.25, 0.3) is 0 Å². The van der Waals surface area contributed by atoms with E-state index in [1.807, 2.05) is 6.92 Å². The number of nitrogens with zero attached hydrogens (tertiary/aromatic N) is 1. The number of aliphatic hydroxyl groups excluding tert-OH is 1. The predicted octanol–water partition coefficient (Wildman–Crippen LogP) is 1.34. The van der Waals surface area contributed by atoms with Crippen LogP contribution in [0, 0.1) is 5.92 Å². The highest BCUT2D eigenvalue weighted by Gasteiger charge is 2.17. The van der Waals surface area contributed by atoms with Crippen LogP contribution in [-0.2, 0) is 27.9 Å². The molecule has 0 bridgehead atoms. The molecule has 7 heteroatoms. The average molecular weight is 318 g/mol. The third-order valence-electron chi connectivity index (χ3n) is 3.15. The van der Waals surface area contributed by atoms with Crippen LogP contribution >= 0.6 is 0 Å². The number of hydrogen-bond acceptors (Lipinski definition) is 4. The second-order valence-corrected chi connectivity index (χ2v) is 7.07. The molecule has 0 spiro atoms. The molecule has 122 valence electrons. The first kappa shape index (κ1) is 18.2. The molecular weight excluding hydrogens is 292 g/mol.